The maximum Gasteiger partial charge on any atom is 0.258 e. The van der Waals surface area contributed by atoms with Gasteiger partial charge in [-0.05, 0) is 67.3 Å². The summed E-state index contributed by atoms with van der Waals surface area (Å²) in [7, 11) is 1.66. The lowest BCUT2D eigenvalue weighted by atomic mass is 10.1. The Labute approximate surface area is 182 Å². The highest BCUT2D eigenvalue weighted by Gasteiger charge is 2.23. The fraction of sp³-hybridized carbons (Fsp3) is 0.333. The Morgan fingerprint density at radius 1 is 1.19 bits per heavy atom. The van der Waals surface area contributed by atoms with Crippen LogP contribution in [0.1, 0.15) is 18.4 Å². The molecule has 3 aromatic rings. The van der Waals surface area contributed by atoms with Gasteiger partial charge in [-0.1, -0.05) is 12.1 Å². The minimum Gasteiger partial charge on any atom is -0.497 e. The van der Waals surface area contributed by atoms with E-state index in [0.717, 1.165) is 54.3 Å². The van der Waals surface area contributed by atoms with E-state index in [1.165, 1.54) is 0 Å². The summed E-state index contributed by atoms with van der Waals surface area (Å²) in [5.74, 6) is 2.32. The van der Waals surface area contributed by atoms with Gasteiger partial charge in [0.15, 0.2) is 12.4 Å². The summed E-state index contributed by atoms with van der Waals surface area (Å²) in [6, 6.07) is 17.7. The molecule has 0 unspecified atom stereocenters. The number of benzene rings is 2. The Kier molecular flexibility index (Phi) is 6.40. The number of ether oxygens (including phenoxy) is 2. The standard InChI is InChI=1S/C24H28N4O3/c1-17-5-3-7-21(13-17)31-16-24(29)25-19-6-4-12-28(15-19)23-14-22(26-27-23)18-8-10-20(30-2)11-9-18/h3,5,7-11,13-14,19H,4,6,12,15-16H2,1-2H3,(H,25,29)(H,26,27)/t19-/m0/s1. The quantitative estimate of drug-likeness (QED) is 0.611. The van der Waals surface area contributed by atoms with Crippen molar-refractivity contribution in [3.8, 4) is 22.8 Å². The van der Waals surface area contributed by atoms with Crippen LogP contribution in [-0.2, 0) is 4.79 Å². The van der Waals surface area contributed by atoms with Crippen LogP contribution in [0.5, 0.6) is 11.5 Å². The Morgan fingerprint density at radius 3 is 2.81 bits per heavy atom. The van der Waals surface area contributed by atoms with Crippen molar-refractivity contribution in [3.05, 3.63) is 60.2 Å². The zero-order valence-electron chi connectivity index (χ0n) is 17.9. The number of rotatable bonds is 7. The van der Waals surface area contributed by atoms with Crippen LogP contribution in [0.4, 0.5) is 5.82 Å². The first-order valence-corrected chi connectivity index (χ1v) is 10.5. The van der Waals surface area contributed by atoms with E-state index in [2.05, 4.69) is 20.4 Å². The fourth-order valence-corrected chi connectivity index (χ4v) is 3.82. The molecule has 1 aliphatic rings. The van der Waals surface area contributed by atoms with Gasteiger partial charge in [0.1, 0.15) is 11.5 Å². The van der Waals surface area contributed by atoms with E-state index in [9.17, 15) is 4.79 Å². The van der Waals surface area contributed by atoms with Gasteiger partial charge in [-0.3, -0.25) is 9.89 Å². The summed E-state index contributed by atoms with van der Waals surface area (Å²) in [4.78, 5) is 14.6. The van der Waals surface area contributed by atoms with Gasteiger partial charge in [0.25, 0.3) is 5.91 Å². The smallest absolute Gasteiger partial charge is 0.258 e. The van der Waals surface area contributed by atoms with Crippen LogP contribution < -0.4 is 19.7 Å². The number of nitrogens with zero attached hydrogens (tertiary/aromatic N) is 2. The molecular formula is C24H28N4O3. The second-order valence-corrected chi connectivity index (χ2v) is 7.83. The summed E-state index contributed by atoms with van der Waals surface area (Å²) in [5.41, 5.74) is 3.11. The highest BCUT2D eigenvalue weighted by molar-refractivity contribution is 5.78. The molecule has 7 heteroatoms. The first-order valence-electron chi connectivity index (χ1n) is 10.5. The van der Waals surface area contributed by atoms with Gasteiger partial charge in [0.05, 0.1) is 12.8 Å². The molecule has 1 aromatic heterocycles. The van der Waals surface area contributed by atoms with E-state index in [1.807, 2.05) is 61.5 Å². The van der Waals surface area contributed by atoms with Gasteiger partial charge in [-0.15, -0.1) is 0 Å². The van der Waals surface area contributed by atoms with Crippen LogP contribution in [0, 0.1) is 6.92 Å². The molecule has 2 aromatic carbocycles. The number of aryl methyl sites for hydroxylation is 1. The largest absolute Gasteiger partial charge is 0.497 e. The van der Waals surface area contributed by atoms with Crippen LogP contribution in [0.2, 0.25) is 0 Å². The zero-order valence-corrected chi connectivity index (χ0v) is 17.9. The molecule has 4 rings (SSSR count). The van der Waals surface area contributed by atoms with Crippen LogP contribution in [-0.4, -0.2) is 49.0 Å². The normalized spacial score (nSPS) is 16.1. The topological polar surface area (TPSA) is 79.5 Å². The molecule has 162 valence electrons. The second-order valence-electron chi connectivity index (χ2n) is 7.83. The molecule has 1 fully saturated rings. The number of aromatic nitrogens is 2. The Morgan fingerprint density at radius 2 is 2.03 bits per heavy atom. The van der Waals surface area contributed by atoms with Crippen molar-refractivity contribution in [3.63, 3.8) is 0 Å². The van der Waals surface area contributed by atoms with Gasteiger partial charge < -0.3 is 19.7 Å². The van der Waals surface area contributed by atoms with Crippen molar-refractivity contribution in [2.24, 2.45) is 0 Å². The molecule has 2 heterocycles. The summed E-state index contributed by atoms with van der Waals surface area (Å²) < 4.78 is 10.8. The molecule has 0 spiro atoms. The van der Waals surface area contributed by atoms with E-state index in [-0.39, 0.29) is 18.6 Å². The fourth-order valence-electron chi connectivity index (χ4n) is 3.82. The number of methoxy groups -OCH3 is 1. The first-order chi connectivity index (χ1) is 15.1. The number of amides is 1. The average molecular weight is 421 g/mol. The molecular weight excluding hydrogens is 392 g/mol. The highest BCUT2D eigenvalue weighted by atomic mass is 16.5. The molecule has 31 heavy (non-hydrogen) atoms. The maximum atomic E-state index is 12.4. The van der Waals surface area contributed by atoms with Gasteiger partial charge in [0.2, 0.25) is 0 Å². The predicted molar refractivity (Wildman–Crippen MR) is 121 cm³/mol. The molecule has 1 atom stereocenters. The molecule has 1 aliphatic heterocycles. The molecule has 1 saturated heterocycles. The number of hydrogen-bond donors (Lipinski definition) is 2. The van der Waals surface area contributed by atoms with E-state index < -0.39 is 0 Å². The highest BCUT2D eigenvalue weighted by Crippen LogP contribution is 2.25. The number of hydrogen-bond acceptors (Lipinski definition) is 5. The maximum absolute atomic E-state index is 12.4. The van der Waals surface area contributed by atoms with Gasteiger partial charge in [0, 0.05) is 25.2 Å². The second kappa shape index (κ2) is 9.55. The molecule has 0 saturated carbocycles. The number of aromatic amines is 1. The molecule has 0 radical (unpaired) electrons. The zero-order chi connectivity index (χ0) is 21.6. The van der Waals surface area contributed by atoms with Crippen molar-refractivity contribution in [2.75, 3.05) is 31.7 Å². The van der Waals surface area contributed by atoms with E-state index >= 15 is 0 Å². The van der Waals surface area contributed by atoms with Gasteiger partial charge >= 0.3 is 0 Å². The number of anilines is 1. The molecule has 0 bridgehead atoms. The summed E-state index contributed by atoms with van der Waals surface area (Å²) in [6.07, 6.45) is 1.94. The van der Waals surface area contributed by atoms with E-state index in [4.69, 9.17) is 9.47 Å². The monoisotopic (exact) mass is 420 g/mol. The van der Waals surface area contributed by atoms with Crippen molar-refractivity contribution in [1.29, 1.82) is 0 Å². The SMILES string of the molecule is COc1ccc(-c2cc(N3CCC[C@H](NC(=O)COc4cccc(C)c4)C3)n[nH]2)cc1. The number of nitrogens with one attached hydrogen (secondary N) is 2. The lowest BCUT2D eigenvalue weighted by Crippen LogP contribution is -2.49. The van der Waals surface area contributed by atoms with Crippen molar-refractivity contribution < 1.29 is 14.3 Å². The molecule has 0 aliphatic carbocycles. The van der Waals surface area contributed by atoms with Crippen molar-refractivity contribution >= 4 is 11.7 Å². The van der Waals surface area contributed by atoms with Crippen molar-refractivity contribution in [1.82, 2.24) is 15.5 Å². The molecule has 1 amide bonds. The van der Waals surface area contributed by atoms with Crippen molar-refractivity contribution in [2.45, 2.75) is 25.8 Å². The number of carbonyl (C=O) groups is 1. The molecule has 7 nitrogen and oxygen atoms in total. The van der Waals surface area contributed by atoms with Gasteiger partial charge in [-0.25, -0.2) is 0 Å². The Hall–Kier alpha value is -3.48. The first kappa shape index (κ1) is 20.8. The van der Waals surface area contributed by atoms with Gasteiger partial charge in [-0.2, -0.15) is 5.10 Å². The number of piperidine rings is 1. The van der Waals surface area contributed by atoms with E-state index in [0.29, 0.717) is 5.75 Å². The minimum absolute atomic E-state index is 0.0178. The van der Waals surface area contributed by atoms with Crippen LogP contribution >= 0.6 is 0 Å². The van der Waals surface area contributed by atoms with Crippen LogP contribution in [0.3, 0.4) is 0 Å². The van der Waals surface area contributed by atoms with Crippen LogP contribution in [0.25, 0.3) is 11.3 Å². The summed E-state index contributed by atoms with van der Waals surface area (Å²) in [5, 5.41) is 10.7. The predicted octanol–water partition coefficient (Wildman–Crippen LogP) is 3.56. The summed E-state index contributed by atoms with van der Waals surface area (Å²) in [6.45, 7) is 3.66. The lowest BCUT2D eigenvalue weighted by Gasteiger charge is -2.33. The minimum atomic E-state index is -0.102. The lowest BCUT2D eigenvalue weighted by molar-refractivity contribution is -0.123. The Bertz CT molecular complexity index is 1020. The summed E-state index contributed by atoms with van der Waals surface area (Å²) >= 11 is 0. The Balaban J connectivity index is 1.32. The third kappa shape index (κ3) is 5.36. The number of H-pyrrole nitrogens is 1. The number of carbonyl (C=O) groups excluding carboxylic acids is 1. The van der Waals surface area contributed by atoms with Crippen LogP contribution in [0.15, 0.2) is 54.6 Å². The third-order valence-corrected chi connectivity index (χ3v) is 5.44. The average Bonchev–Trinajstić information content (AvgIpc) is 3.28. The third-order valence-electron chi connectivity index (χ3n) is 5.44. The van der Waals surface area contributed by atoms with E-state index in [1.54, 1.807) is 7.11 Å². The molecule has 2 N–H and O–H groups in total.